The Labute approximate surface area is 137 Å². The number of benzene rings is 2. The standard InChI is InChI=1S/C17H15ClF3NO/c1-11(13-5-3-7-15(18)10-13)22-16(23)9-12-4-2-6-14(8-12)17(19,20)21/h2-8,10-11H,9H2,1H3,(H,22,23)/t11-/m0/s1. The molecular formula is C17H15ClF3NO. The Balaban J connectivity index is 2.02. The van der Waals surface area contributed by atoms with Crippen LogP contribution >= 0.6 is 11.6 Å². The van der Waals surface area contributed by atoms with E-state index in [2.05, 4.69) is 5.32 Å². The van der Waals surface area contributed by atoms with Gasteiger partial charge < -0.3 is 5.32 Å². The van der Waals surface area contributed by atoms with Gasteiger partial charge in [-0.3, -0.25) is 4.79 Å². The Hall–Kier alpha value is -2.01. The van der Waals surface area contributed by atoms with Gasteiger partial charge in [-0.15, -0.1) is 0 Å². The van der Waals surface area contributed by atoms with Gasteiger partial charge in [0.1, 0.15) is 0 Å². The number of hydrogen-bond acceptors (Lipinski definition) is 1. The first kappa shape index (κ1) is 17.3. The Bertz CT molecular complexity index is 700. The second-order valence-corrected chi connectivity index (χ2v) is 5.66. The molecule has 2 nitrogen and oxygen atoms in total. The van der Waals surface area contributed by atoms with E-state index in [4.69, 9.17) is 11.6 Å². The minimum Gasteiger partial charge on any atom is -0.349 e. The highest BCUT2D eigenvalue weighted by molar-refractivity contribution is 6.30. The number of rotatable bonds is 4. The van der Waals surface area contributed by atoms with Crippen LogP contribution in [0.4, 0.5) is 13.2 Å². The molecule has 0 radical (unpaired) electrons. The third kappa shape index (κ3) is 4.99. The van der Waals surface area contributed by atoms with Crippen molar-refractivity contribution >= 4 is 17.5 Å². The molecule has 2 aromatic carbocycles. The largest absolute Gasteiger partial charge is 0.416 e. The van der Waals surface area contributed by atoms with Crippen molar-refractivity contribution in [2.45, 2.75) is 25.6 Å². The molecule has 0 bridgehead atoms. The van der Waals surface area contributed by atoms with Gasteiger partial charge in [0.25, 0.3) is 0 Å². The van der Waals surface area contributed by atoms with Crippen LogP contribution in [0, 0.1) is 0 Å². The zero-order valence-electron chi connectivity index (χ0n) is 12.3. The summed E-state index contributed by atoms with van der Waals surface area (Å²) in [7, 11) is 0. The van der Waals surface area contributed by atoms with Gasteiger partial charge in [-0.25, -0.2) is 0 Å². The zero-order valence-corrected chi connectivity index (χ0v) is 13.1. The molecule has 122 valence electrons. The van der Waals surface area contributed by atoms with E-state index in [9.17, 15) is 18.0 Å². The van der Waals surface area contributed by atoms with Gasteiger partial charge in [-0.1, -0.05) is 41.9 Å². The van der Waals surface area contributed by atoms with Crippen LogP contribution in [0.1, 0.15) is 29.7 Å². The average molecular weight is 342 g/mol. The molecule has 1 N–H and O–H groups in total. The number of carbonyl (C=O) groups is 1. The van der Waals surface area contributed by atoms with Crippen molar-refractivity contribution in [3.05, 3.63) is 70.2 Å². The smallest absolute Gasteiger partial charge is 0.349 e. The van der Waals surface area contributed by atoms with Gasteiger partial charge in [-0.05, 0) is 36.2 Å². The summed E-state index contributed by atoms with van der Waals surface area (Å²) < 4.78 is 38.0. The van der Waals surface area contributed by atoms with E-state index in [-0.39, 0.29) is 18.4 Å². The van der Waals surface area contributed by atoms with Gasteiger partial charge in [0.15, 0.2) is 0 Å². The van der Waals surface area contributed by atoms with Crippen LogP contribution in [-0.2, 0) is 17.4 Å². The van der Waals surface area contributed by atoms with Gasteiger partial charge in [0, 0.05) is 5.02 Å². The predicted octanol–water partition coefficient (Wildman–Crippen LogP) is 4.78. The minimum atomic E-state index is -4.42. The zero-order chi connectivity index (χ0) is 17.0. The highest BCUT2D eigenvalue weighted by Crippen LogP contribution is 2.29. The molecule has 0 aliphatic rings. The summed E-state index contributed by atoms with van der Waals surface area (Å²) in [6.07, 6.45) is -4.53. The summed E-state index contributed by atoms with van der Waals surface area (Å²) >= 11 is 5.90. The fourth-order valence-corrected chi connectivity index (χ4v) is 2.39. The molecule has 2 aromatic rings. The summed E-state index contributed by atoms with van der Waals surface area (Å²) in [6, 6.07) is 11.5. The Kier molecular flexibility index (Phi) is 5.31. The first-order chi connectivity index (χ1) is 10.8. The molecule has 6 heteroatoms. The topological polar surface area (TPSA) is 29.1 Å². The van der Waals surface area contributed by atoms with E-state index in [1.165, 1.54) is 12.1 Å². The fourth-order valence-electron chi connectivity index (χ4n) is 2.19. The normalized spacial score (nSPS) is 12.7. The molecule has 0 aromatic heterocycles. The van der Waals surface area contributed by atoms with Crippen LogP contribution in [0.25, 0.3) is 0 Å². The van der Waals surface area contributed by atoms with E-state index in [1.54, 1.807) is 25.1 Å². The van der Waals surface area contributed by atoms with Crippen molar-refractivity contribution in [3.8, 4) is 0 Å². The Morgan fingerprint density at radius 2 is 1.87 bits per heavy atom. The van der Waals surface area contributed by atoms with Gasteiger partial charge in [-0.2, -0.15) is 13.2 Å². The minimum absolute atomic E-state index is 0.116. The van der Waals surface area contributed by atoms with Crippen LogP contribution in [-0.4, -0.2) is 5.91 Å². The highest BCUT2D eigenvalue weighted by Gasteiger charge is 2.30. The number of hydrogen-bond donors (Lipinski definition) is 1. The first-order valence-electron chi connectivity index (χ1n) is 6.96. The lowest BCUT2D eigenvalue weighted by atomic mass is 10.1. The van der Waals surface area contributed by atoms with E-state index in [0.29, 0.717) is 10.6 Å². The Morgan fingerprint density at radius 3 is 2.52 bits per heavy atom. The number of halogens is 4. The monoisotopic (exact) mass is 341 g/mol. The van der Waals surface area contributed by atoms with E-state index in [0.717, 1.165) is 17.7 Å². The van der Waals surface area contributed by atoms with Crippen molar-refractivity contribution in [1.82, 2.24) is 5.32 Å². The summed E-state index contributed by atoms with van der Waals surface area (Å²) in [5.41, 5.74) is 0.385. The molecule has 23 heavy (non-hydrogen) atoms. The van der Waals surface area contributed by atoms with Gasteiger partial charge in [0.05, 0.1) is 18.0 Å². The molecule has 0 unspecified atom stereocenters. The summed E-state index contributed by atoms with van der Waals surface area (Å²) in [6.45, 7) is 1.79. The average Bonchev–Trinajstić information content (AvgIpc) is 2.46. The molecule has 0 spiro atoms. The van der Waals surface area contributed by atoms with E-state index >= 15 is 0 Å². The fraction of sp³-hybridized carbons (Fsp3) is 0.235. The molecule has 0 aliphatic carbocycles. The van der Waals surface area contributed by atoms with Crippen molar-refractivity contribution < 1.29 is 18.0 Å². The molecule has 2 rings (SSSR count). The third-order valence-electron chi connectivity index (χ3n) is 3.35. The second-order valence-electron chi connectivity index (χ2n) is 5.22. The molecule has 0 saturated carbocycles. The quantitative estimate of drug-likeness (QED) is 0.852. The predicted molar refractivity (Wildman–Crippen MR) is 83.2 cm³/mol. The van der Waals surface area contributed by atoms with Crippen molar-refractivity contribution in [2.24, 2.45) is 0 Å². The lowest BCUT2D eigenvalue weighted by Crippen LogP contribution is -2.28. The molecule has 0 fully saturated rings. The van der Waals surface area contributed by atoms with Crippen LogP contribution in [0.15, 0.2) is 48.5 Å². The molecule has 1 amide bonds. The number of nitrogens with one attached hydrogen (secondary N) is 1. The van der Waals surface area contributed by atoms with Crippen LogP contribution in [0.3, 0.4) is 0 Å². The van der Waals surface area contributed by atoms with Crippen LogP contribution in [0.5, 0.6) is 0 Å². The summed E-state index contributed by atoms with van der Waals surface area (Å²) in [5, 5.41) is 3.31. The molecule has 0 heterocycles. The van der Waals surface area contributed by atoms with Gasteiger partial charge >= 0.3 is 6.18 Å². The second kappa shape index (κ2) is 7.04. The Morgan fingerprint density at radius 1 is 1.17 bits per heavy atom. The van der Waals surface area contributed by atoms with Crippen molar-refractivity contribution in [2.75, 3.05) is 0 Å². The molecule has 0 saturated heterocycles. The summed E-state index contributed by atoms with van der Waals surface area (Å²) in [4.78, 5) is 12.0. The van der Waals surface area contributed by atoms with Crippen molar-refractivity contribution in [1.29, 1.82) is 0 Å². The maximum Gasteiger partial charge on any atom is 0.416 e. The summed E-state index contributed by atoms with van der Waals surface area (Å²) in [5.74, 6) is -0.350. The number of alkyl halides is 3. The molecular weight excluding hydrogens is 327 g/mol. The number of carbonyl (C=O) groups excluding carboxylic acids is 1. The molecule has 0 aliphatic heterocycles. The highest BCUT2D eigenvalue weighted by atomic mass is 35.5. The van der Waals surface area contributed by atoms with E-state index in [1.807, 2.05) is 6.07 Å². The van der Waals surface area contributed by atoms with Crippen molar-refractivity contribution in [3.63, 3.8) is 0 Å². The van der Waals surface area contributed by atoms with Crippen LogP contribution < -0.4 is 5.32 Å². The maximum absolute atomic E-state index is 12.7. The molecule has 1 atom stereocenters. The lowest BCUT2D eigenvalue weighted by molar-refractivity contribution is -0.137. The van der Waals surface area contributed by atoms with Crippen LogP contribution in [0.2, 0.25) is 5.02 Å². The lowest BCUT2D eigenvalue weighted by Gasteiger charge is -2.15. The third-order valence-corrected chi connectivity index (χ3v) is 3.58. The van der Waals surface area contributed by atoms with E-state index < -0.39 is 11.7 Å². The SMILES string of the molecule is C[C@H](NC(=O)Cc1cccc(C(F)(F)F)c1)c1cccc(Cl)c1. The first-order valence-corrected chi connectivity index (χ1v) is 7.34. The number of amides is 1. The maximum atomic E-state index is 12.7. The van der Waals surface area contributed by atoms with Gasteiger partial charge in [0.2, 0.25) is 5.91 Å².